The Labute approximate surface area is 331 Å². The maximum atomic E-state index is 11.4. The molecule has 0 fully saturated rings. The summed E-state index contributed by atoms with van der Waals surface area (Å²) in [5.74, 6) is -5.01. The molecule has 0 aromatic heterocycles. The zero-order valence-corrected chi connectivity index (χ0v) is 32.5. The number of amides is 1. The van der Waals surface area contributed by atoms with Crippen LogP contribution < -0.4 is 5.32 Å². The third kappa shape index (κ3) is 25.8. The second-order valence-corrected chi connectivity index (χ2v) is 11.4. The van der Waals surface area contributed by atoms with E-state index in [1.165, 1.54) is 12.6 Å². The van der Waals surface area contributed by atoms with Crippen molar-refractivity contribution in [3.63, 3.8) is 0 Å². The van der Waals surface area contributed by atoms with E-state index in [-0.39, 0.29) is 59.3 Å². The van der Waals surface area contributed by atoms with E-state index in [4.69, 9.17) is 37.9 Å². The summed E-state index contributed by atoms with van der Waals surface area (Å²) in [7, 11) is 1.34. The Balaban J connectivity index is 0. The lowest BCUT2D eigenvalue weighted by molar-refractivity contribution is -0.167. The van der Waals surface area contributed by atoms with Crippen LogP contribution in [0.4, 0.5) is 4.79 Å². The Kier molecular flexibility index (Phi) is 28.0. The second-order valence-electron chi connectivity index (χ2n) is 11.4. The van der Waals surface area contributed by atoms with Crippen molar-refractivity contribution in [2.75, 3.05) is 59.9 Å². The Morgan fingerprint density at radius 1 is 0.491 bits per heavy atom. The minimum Gasteiger partial charge on any atom is -0.465 e. The van der Waals surface area contributed by atoms with Gasteiger partial charge in [0.1, 0.15) is 63.7 Å². The molecule has 312 valence electrons. The first-order chi connectivity index (χ1) is 27.0. The molecule has 0 saturated heterocycles. The first-order valence-electron chi connectivity index (χ1n) is 16.8. The van der Waals surface area contributed by atoms with Crippen molar-refractivity contribution in [2.45, 2.75) is 20.3 Å². The monoisotopic (exact) mass is 801 g/mol. The smallest absolute Gasteiger partial charge is 0.406 e. The third-order valence-corrected chi connectivity index (χ3v) is 6.61. The van der Waals surface area contributed by atoms with Crippen LogP contribution in [0.25, 0.3) is 0 Å². The first-order valence-corrected chi connectivity index (χ1v) is 16.8. The number of hydrogen-bond donors (Lipinski definition) is 1. The van der Waals surface area contributed by atoms with Gasteiger partial charge in [-0.3, -0.25) is 4.79 Å². The maximum Gasteiger partial charge on any atom is 0.406 e. The summed E-state index contributed by atoms with van der Waals surface area (Å²) in [6, 6.07) is 10.3. The number of benzene rings is 1. The lowest BCUT2D eigenvalue weighted by atomic mass is 9.92. The van der Waals surface area contributed by atoms with Gasteiger partial charge in [0, 0.05) is 49.9 Å². The topological polar surface area (TPSA) is 222 Å². The summed E-state index contributed by atoms with van der Waals surface area (Å²) in [4.78, 5) is 90.8. The van der Waals surface area contributed by atoms with Gasteiger partial charge in [0.2, 0.25) is 0 Å². The average molecular weight is 802 g/mol. The number of alkyl carbamates (subject to hydrolysis) is 1. The summed E-state index contributed by atoms with van der Waals surface area (Å²) in [6.07, 6.45) is 4.93. The number of hydrogen-bond acceptors (Lipinski definition) is 16. The molecule has 17 nitrogen and oxygen atoms in total. The van der Waals surface area contributed by atoms with E-state index in [1.54, 1.807) is 6.92 Å². The summed E-state index contributed by atoms with van der Waals surface area (Å²) in [5, 5.41) is 2.23. The molecule has 1 aromatic rings. The number of rotatable bonds is 23. The summed E-state index contributed by atoms with van der Waals surface area (Å²) in [6.45, 7) is 20.4. The van der Waals surface area contributed by atoms with E-state index in [0.29, 0.717) is 0 Å². The number of carbonyl (C=O) groups is 8. The molecule has 0 aliphatic heterocycles. The molecule has 1 N–H and O–H groups in total. The van der Waals surface area contributed by atoms with Crippen LogP contribution in [-0.4, -0.2) is 108 Å². The Morgan fingerprint density at radius 3 is 0.965 bits per heavy atom. The maximum absolute atomic E-state index is 11.4. The average Bonchev–Trinajstić information content (AvgIpc) is 3.24. The Hall–Kier alpha value is -6.78. The van der Waals surface area contributed by atoms with Crippen molar-refractivity contribution in [3.8, 4) is 0 Å². The predicted octanol–water partition coefficient (Wildman–Crippen LogP) is 3.63. The molecule has 0 saturated carbocycles. The summed E-state index contributed by atoms with van der Waals surface area (Å²) in [5.41, 5.74) is -1.30. The van der Waals surface area contributed by atoms with Crippen LogP contribution >= 0.6 is 0 Å². The number of aryl methyl sites for hydroxylation is 1. The van der Waals surface area contributed by atoms with Gasteiger partial charge in [0.25, 0.3) is 0 Å². The second kappa shape index (κ2) is 30.5. The lowest BCUT2D eigenvalue weighted by Gasteiger charge is -2.31. The van der Waals surface area contributed by atoms with Crippen LogP contribution in [0.2, 0.25) is 0 Å². The SMILES string of the molecule is C=CC(=O)OCC(COC(=O)C=C)(COC(=O)C=C)COC(=O)CC.C=CC(=O)OCC(COC(=O)C=C)(COC(=O)C=C)COC(=O)NC.Cc1ccccc1. The highest BCUT2D eigenvalue weighted by Crippen LogP contribution is 2.23. The van der Waals surface area contributed by atoms with Gasteiger partial charge in [-0.05, 0) is 6.92 Å². The molecular weight excluding hydrogens is 750 g/mol. The highest BCUT2D eigenvalue weighted by molar-refractivity contribution is 5.83. The minimum atomic E-state index is -1.33. The van der Waals surface area contributed by atoms with Crippen molar-refractivity contribution in [1.29, 1.82) is 0 Å². The number of carbonyl (C=O) groups excluding carboxylic acids is 8. The van der Waals surface area contributed by atoms with E-state index in [2.05, 4.69) is 63.8 Å². The zero-order chi connectivity index (χ0) is 43.7. The van der Waals surface area contributed by atoms with Gasteiger partial charge >= 0.3 is 47.9 Å². The quantitative estimate of drug-likeness (QED) is 0.0948. The van der Waals surface area contributed by atoms with E-state index < -0.39 is 58.7 Å². The molecule has 1 aromatic carbocycles. The largest absolute Gasteiger partial charge is 0.465 e. The highest BCUT2D eigenvalue weighted by Gasteiger charge is 2.38. The fourth-order valence-corrected chi connectivity index (χ4v) is 3.36. The van der Waals surface area contributed by atoms with Gasteiger partial charge in [-0.1, -0.05) is 82.3 Å². The molecule has 1 amide bonds. The fraction of sp³-hybridized carbons (Fsp3) is 0.350. The Morgan fingerprint density at radius 2 is 0.754 bits per heavy atom. The molecule has 0 bridgehead atoms. The van der Waals surface area contributed by atoms with Gasteiger partial charge in [-0.25, -0.2) is 33.6 Å². The fourth-order valence-electron chi connectivity index (χ4n) is 3.36. The van der Waals surface area contributed by atoms with Gasteiger partial charge < -0.3 is 43.2 Å². The number of esters is 7. The van der Waals surface area contributed by atoms with Crippen LogP contribution in [-0.2, 0) is 71.5 Å². The van der Waals surface area contributed by atoms with Gasteiger partial charge in [-0.15, -0.1) is 0 Å². The number of ether oxygens (including phenoxy) is 8. The van der Waals surface area contributed by atoms with E-state index in [0.717, 1.165) is 36.5 Å². The van der Waals surface area contributed by atoms with Gasteiger partial charge in [0.15, 0.2) is 0 Å². The molecule has 0 heterocycles. The third-order valence-electron chi connectivity index (χ3n) is 6.61. The normalized spacial score (nSPS) is 9.88. The van der Waals surface area contributed by atoms with Crippen LogP contribution in [0, 0.1) is 17.8 Å². The van der Waals surface area contributed by atoms with Gasteiger partial charge in [0.05, 0.1) is 0 Å². The first kappa shape index (κ1) is 52.3. The van der Waals surface area contributed by atoms with Crippen LogP contribution in [0.5, 0.6) is 0 Å². The van der Waals surface area contributed by atoms with Crippen molar-refractivity contribution in [2.24, 2.45) is 10.8 Å². The van der Waals surface area contributed by atoms with E-state index in [1.807, 2.05) is 18.2 Å². The van der Waals surface area contributed by atoms with Crippen LogP contribution in [0.1, 0.15) is 18.9 Å². The molecule has 17 heteroatoms. The lowest BCUT2D eigenvalue weighted by Crippen LogP contribution is -2.44. The molecule has 57 heavy (non-hydrogen) atoms. The molecule has 0 unspecified atom stereocenters. The van der Waals surface area contributed by atoms with Crippen LogP contribution in [0.15, 0.2) is 106 Å². The molecule has 0 aliphatic rings. The summed E-state index contributed by atoms with van der Waals surface area (Å²) < 4.78 is 39.8. The highest BCUT2D eigenvalue weighted by atomic mass is 16.6. The summed E-state index contributed by atoms with van der Waals surface area (Å²) >= 11 is 0. The molecule has 0 atom stereocenters. The standard InChI is InChI=1S/C17H22O8.C16H21NO8.C7H8/c1-5-13(18)22-9-17(10-23-14(19)6-2,11-24-15(20)7-3)12-25-16(21)8-4;1-5-12(18)22-8-16(9-23-13(19)6-2,10-24-14(20)7-3)11-25-15(21)17-4;1-7-5-3-2-4-6-7/h5-7H,1-3,8-12H2,4H3;5-7H,1-3,8-11H2,4H3,(H,17,21);2-6H,1H3. The zero-order valence-electron chi connectivity index (χ0n) is 32.5. The molecule has 1 rings (SSSR count). The molecule has 0 spiro atoms. The van der Waals surface area contributed by atoms with Gasteiger partial charge in [-0.2, -0.15) is 0 Å². The van der Waals surface area contributed by atoms with Crippen molar-refractivity contribution < 1.29 is 76.3 Å². The van der Waals surface area contributed by atoms with E-state index in [9.17, 15) is 38.4 Å². The van der Waals surface area contributed by atoms with Crippen LogP contribution in [0.3, 0.4) is 0 Å². The van der Waals surface area contributed by atoms with Crippen molar-refractivity contribution >= 4 is 47.9 Å². The molecule has 0 aliphatic carbocycles. The molecular formula is C40H51NO16. The predicted molar refractivity (Wildman–Crippen MR) is 205 cm³/mol. The van der Waals surface area contributed by atoms with Crippen molar-refractivity contribution in [1.82, 2.24) is 5.32 Å². The Bertz CT molecular complexity index is 1330. The number of nitrogens with one attached hydrogen (secondary N) is 1. The van der Waals surface area contributed by atoms with E-state index >= 15 is 0 Å². The minimum absolute atomic E-state index is 0.113. The van der Waals surface area contributed by atoms with Crippen molar-refractivity contribution in [3.05, 3.63) is 112 Å². The molecule has 0 radical (unpaired) electrons.